The smallest absolute Gasteiger partial charge is 0.234 e. The predicted molar refractivity (Wildman–Crippen MR) is 71.1 cm³/mol. The van der Waals surface area contributed by atoms with Crippen LogP contribution in [0.4, 0.5) is 0 Å². The molecule has 1 aliphatic heterocycles. The Balaban J connectivity index is 2.32. The SMILES string of the molecule is CCCCN(CC(=O)NCC)CC1CCCN1. The summed E-state index contributed by atoms with van der Waals surface area (Å²) in [7, 11) is 0. The number of amides is 1. The van der Waals surface area contributed by atoms with Gasteiger partial charge in [0.25, 0.3) is 0 Å². The van der Waals surface area contributed by atoms with E-state index in [4.69, 9.17) is 0 Å². The highest BCUT2D eigenvalue weighted by Crippen LogP contribution is 2.07. The number of unbranched alkanes of at least 4 members (excludes halogenated alkanes) is 1. The van der Waals surface area contributed by atoms with Crippen molar-refractivity contribution >= 4 is 5.91 Å². The van der Waals surface area contributed by atoms with E-state index in [1.807, 2.05) is 6.92 Å². The molecule has 4 heteroatoms. The lowest BCUT2D eigenvalue weighted by Gasteiger charge is -2.24. The summed E-state index contributed by atoms with van der Waals surface area (Å²) >= 11 is 0. The molecule has 1 fully saturated rings. The lowest BCUT2D eigenvalue weighted by Crippen LogP contribution is -2.43. The molecular formula is C13H27N3O. The zero-order valence-corrected chi connectivity index (χ0v) is 11.3. The van der Waals surface area contributed by atoms with Gasteiger partial charge in [-0.2, -0.15) is 0 Å². The van der Waals surface area contributed by atoms with E-state index in [0.717, 1.165) is 26.2 Å². The van der Waals surface area contributed by atoms with Crippen molar-refractivity contribution in [2.24, 2.45) is 0 Å². The second kappa shape index (κ2) is 8.48. The van der Waals surface area contributed by atoms with Crippen LogP contribution in [0.3, 0.4) is 0 Å². The molecule has 1 rings (SSSR count). The molecule has 4 nitrogen and oxygen atoms in total. The minimum absolute atomic E-state index is 0.154. The molecule has 0 radical (unpaired) electrons. The molecule has 0 aromatic carbocycles. The molecule has 0 saturated carbocycles. The first-order valence-electron chi connectivity index (χ1n) is 6.98. The van der Waals surface area contributed by atoms with E-state index < -0.39 is 0 Å². The summed E-state index contributed by atoms with van der Waals surface area (Å²) in [6.07, 6.45) is 4.88. The maximum atomic E-state index is 11.6. The van der Waals surface area contributed by atoms with E-state index in [0.29, 0.717) is 12.6 Å². The lowest BCUT2D eigenvalue weighted by atomic mass is 10.2. The van der Waals surface area contributed by atoms with Gasteiger partial charge in [-0.05, 0) is 39.3 Å². The van der Waals surface area contributed by atoms with Gasteiger partial charge in [0.05, 0.1) is 6.54 Å². The summed E-state index contributed by atoms with van der Waals surface area (Å²) in [5.41, 5.74) is 0. The molecule has 100 valence electrons. The molecule has 1 unspecified atom stereocenters. The van der Waals surface area contributed by atoms with Gasteiger partial charge in [0.2, 0.25) is 5.91 Å². The quantitative estimate of drug-likeness (QED) is 0.666. The zero-order valence-electron chi connectivity index (χ0n) is 11.3. The van der Waals surface area contributed by atoms with Gasteiger partial charge in [0.1, 0.15) is 0 Å². The Hall–Kier alpha value is -0.610. The highest BCUT2D eigenvalue weighted by molar-refractivity contribution is 5.77. The van der Waals surface area contributed by atoms with Gasteiger partial charge in [-0.3, -0.25) is 9.69 Å². The van der Waals surface area contributed by atoms with Crippen LogP contribution in [0.15, 0.2) is 0 Å². The third-order valence-electron chi connectivity index (χ3n) is 3.21. The molecule has 1 atom stereocenters. The number of carbonyl (C=O) groups excluding carboxylic acids is 1. The summed E-state index contributed by atoms with van der Waals surface area (Å²) in [6, 6.07) is 0.585. The van der Waals surface area contributed by atoms with Gasteiger partial charge < -0.3 is 10.6 Å². The standard InChI is InChI=1S/C13H27N3O/c1-3-5-9-16(11-13(17)14-4-2)10-12-7-6-8-15-12/h12,15H,3-11H2,1-2H3,(H,14,17). The lowest BCUT2D eigenvalue weighted by molar-refractivity contribution is -0.122. The van der Waals surface area contributed by atoms with E-state index in [-0.39, 0.29) is 5.91 Å². The predicted octanol–water partition coefficient (Wildman–Crippen LogP) is 0.977. The van der Waals surface area contributed by atoms with Crippen molar-refractivity contribution in [3.63, 3.8) is 0 Å². The number of likely N-dealkylation sites (N-methyl/N-ethyl adjacent to an activating group) is 1. The van der Waals surface area contributed by atoms with Crippen LogP contribution in [0.2, 0.25) is 0 Å². The van der Waals surface area contributed by atoms with Crippen molar-refractivity contribution in [1.29, 1.82) is 0 Å². The van der Waals surface area contributed by atoms with Gasteiger partial charge in [0, 0.05) is 19.1 Å². The fourth-order valence-electron chi connectivity index (χ4n) is 2.30. The van der Waals surface area contributed by atoms with Crippen LogP contribution >= 0.6 is 0 Å². The van der Waals surface area contributed by atoms with Crippen LogP contribution in [0.1, 0.15) is 39.5 Å². The molecule has 1 aliphatic rings. The second-order valence-electron chi connectivity index (χ2n) is 4.84. The number of rotatable bonds is 8. The first kappa shape index (κ1) is 14.5. The van der Waals surface area contributed by atoms with Gasteiger partial charge in [0.15, 0.2) is 0 Å². The average molecular weight is 241 g/mol. The molecule has 17 heavy (non-hydrogen) atoms. The summed E-state index contributed by atoms with van der Waals surface area (Å²) < 4.78 is 0. The maximum Gasteiger partial charge on any atom is 0.234 e. The fraction of sp³-hybridized carbons (Fsp3) is 0.923. The first-order valence-corrected chi connectivity index (χ1v) is 6.98. The largest absolute Gasteiger partial charge is 0.355 e. The summed E-state index contributed by atoms with van der Waals surface area (Å²) in [5.74, 6) is 0.154. The number of nitrogens with zero attached hydrogens (tertiary/aromatic N) is 1. The maximum absolute atomic E-state index is 11.6. The molecular weight excluding hydrogens is 214 g/mol. The third kappa shape index (κ3) is 6.03. The van der Waals surface area contributed by atoms with Crippen molar-refractivity contribution in [2.45, 2.75) is 45.6 Å². The topological polar surface area (TPSA) is 44.4 Å². The Morgan fingerprint density at radius 2 is 2.29 bits per heavy atom. The molecule has 0 aromatic rings. The minimum Gasteiger partial charge on any atom is -0.355 e. The van der Waals surface area contributed by atoms with Crippen molar-refractivity contribution < 1.29 is 4.79 Å². The van der Waals surface area contributed by atoms with Crippen LogP contribution in [-0.2, 0) is 4.79 Å². The second-order valence-corrected chi connectivity index (χ2v) is 4.84. The Morgan fingerprint density at radius 1 is 1.47 bits per heavy atom. The number of carbonyl (C=O) groups is 1. The minimum atomic E-state index is 0.154. The van der Waals surface area contributed by atoms with Crippen molar-refractivity contribution in [3.8, 4) is 0 Å². The number of nitrogens with one attached hydrogen (secondary N) is 2. The first-order chi connectivity index (χ1) is 8.26. The Bertz CT molecular complexity index is 215. The zero-order chi connectivity index (χ0) is 12.5. The van der Waals surface area contributed by atoms with Crippen LogP contribution < -0.4 is 10.6 Å². The van der Waals surface area contributed by atoms with E-state index in [9.17, 15) is 4.79 Å². The van der Waals surface area contributed by atoms with Crippen LogP contribution in [-0.4, -0.2) is 49.6 Å². The molecule has 1 amide bonds. The van der Waals surface area contributed by atoms with E-state index in [1.165, 1.54) is 25.7 Å². The van der Waals surface area contributed by atoms with Crippen LogP contribution in [0.5, 0.6) is 0 Å². The van der Waals surface area contributed by atoms with Gasteiger partial charge >= 0.3 is 0 Å². The molecule has 1 heterocycles. The highest BCUT2D eigenvalue weighted by Gasteiger charge is 2.18. The van der Waals surface area contributed by atoms with Crippen molar-refractivity contribution in [3.05, 3.63) is 0 Å². The molecule has 0 aliphatic carbocycles. The van der Waals surface area contributed by atoms with E-state index in [1.54, 1.807) is 0 Å². The van der Waals surface area contributed by atoms with Gasteiger partial charge in [-0.1, -0.05) is 13.3 Å². The van der Waals surface area contributed by atoms with Crippen molar-refractivity contribution in [2.75, 3.05) is 32.7 Å². The monoisotopic (exact) mass is 241 g/mol. The van der Waals surface area contributed by atoms with E-state index >= 15 is 0 Å². The molecule has 0 aromatic heterocycles. The van der Waals surface area contributed by atoms with Crippen LogP contribution in [0.25, 0.3) is 0 Å². The summed E-state index contributed by atoms with van der Waals surface area (Å²) in [5, 5.41) is 6.37. The van der Waals surface area contributed by atoms with Gasteiger partial charge in [-0.25, -0.2) is 0 Å². The summed E-state index contributed by atoms with van der Waals surface area (Å²) in [4.78, 5) is 13.9. The molecule has 1 saturated heterocycles. The van der Waals surface area contributed by atoms with Crippen LogP contribution in [0, 0.1) is 0 Å². The normalized spacial score (nSPS) is 19.8. The molecule has 2 N–H and O–H groups in total. The van der Waals surface area contributed by atoms with Crippen molar-refractivity contribution in [1.82, 2.24) is 15.5 Å². The molecule has 0 spiro atoms. The molecule has 0 bridgehead atoms. The fourth-order valence-corrected chi connectivity index (χ4v) is 2.30. The third-order valence-corrected chi connectivity index (χ3v) is 3.21. The van der Waals surface area contributed by atoms with E-state index in [2.05, 4.69) is 22.5 Å². The summed E-state index contributed by atoms with van der Waals surface area (Å²) in [6.45, 7) is 8.61. The number of hydrogen-bond acceptors (Lipinski definition) is 3. The van der Waals surface area contributed by atoms with Gasteiger partial charge in [-0.15, -0.1) is 0 Å². The Labute approximate surface area is 105 Å². The average Bonchev–Trinajstić information content (AvgIpc) is 2.79. The highest BCUT2D eigenvalue weighted by atomic mass is 16.2. The number of hydrogen-bond donors (Lipinski definition) is 2. The Morgan fingerprint density at radius 3 is 2.88 bits per heavy atom. The Kier molecular flexibility index (Phi) is 7.21.